The van der Waals surface area contributed by atoms with E-state index in [0.29, 0.717) is 49.1 Å². The quantitative estimate of drug-likeness (QED) is 0.643. The molecule has 1 aliphatic rings. The van der Waals surface area contributed by atoms with Gasteiger partial charge in [0, 0.05) is 43.6 Å². The number of rotatable bonds is 5. The van der Waals surface area contributed by atoms with E-state index in [0.717, 1.165) is 11.4 Å². The highest BCUT2D eigenvalue weighted by atomic mass is 16.2. The minimum absolute atomic E-state index is 0.000170. The molecule has 166 valence electrons. The molecule has 10 heteroatoms. The number of nitrogens with one attached hydrogen (secondary N) is 1. The Labute approximate surface area is 185 Å². The molecule has 0 aromatic carbocycles. The van der Waals surface area contributed by atoms with Gasteiger partial charge in [-0.05, 0) is 44.5 Å². The maximum absolute atomic E-state index is 12.7. The lowest BCUT2D eigenvalue weighted by molar-refractivity contribution is -0.132. The lowest BCUT2D eigenvalue weighted by atomic mass is 10.2. The molecule has 0 bridgehead atoms. The molecule has 1 aliphatic heterocycles. The van der Waals surface area contributed by atoms with Crippen LogP contribution in [0.15, 0.2) is 41.6 Å². The summed E-state index contributed by atoms with van der Waals surface area (Å²) in [6, 6.07) is 7.63. The van der Waals surface area contributed by atoms with E-state index in [1.807, 2.05) is 31.2 Å². The third kappa shape index (κ3) is 4.74. The molecule has 1 saturated heterocycles. The Kier molecular flexibility index (Phi) is 6.11. The van der Waals surface area contributed by atoms with Gasteiger partial charge in [0.05, 0.1) is 6.33 Å². The zero-order valence-corrected chi connectivity index (χ0v) is 18.4. The van der Waals surface area contributed by atoms with Crippen LogP contribution in [0.2, 0.25) is 0 Å². The number of aromatic nitrogens is 5. The van der Waals surface area contributed by atoms with E-state index in [2.05, 4.69) is 30.4 Å². The van der Waals surface area contributed by atoms with Gasteiger partial charge in [-0.2, -0.15) is 0 Å². The van der Waals surface area contributed by atoms with Gasteiger partial charge in [0.25, 0.3) is 5.56 Å². The van der Waals surface area contributed by atoms with Gasteiger partial charge in [-0.3, -0.25) is 14.2 Å². The fourth-order valence-corrected chi connectivity index (χ4v) is 3.45. The van der Waals surface area contributed by atoms with Crippen LogP contribution in [0.4, 0.5) is 17.5 Å². The summed E-state index contributed by atoms with van der Waals surface area (Å²) in [6.45, 7) is 7.90. The Morgan fingerprint density at radius 1 is 0.969 bits per heavy atom. The number of carbonyl (C=O) groups is 1. The fraction of sp³-hybridized carbons (Fsp3) is 0.364. The van der Waals surface area contributed by atoms with E-state index in [4.69, 9.17) is 0 Å². The maximum atomic E-state index is 12.7. The first-order valence-electron chi connectivity index (χ1n) is 10.5. The number of anilines is 3. The first-order chi connectivity index (χ1) is 15.4. The van der Waals surface area contributed by atoms with Crippen LogP contribution in [0.5, 0.6) is 0 Å². The molecule has 3 aromatic rings. The molecule has 10 nitrogen and oxygen atoms in total. The van der Waals surface area contributed by atoms with Crippen molar-refractivity contribution in [3.63, 3.8) is 0 Å². The highest BCUT2D eigenvalue weighted by Crippen LogP contribution is 2.17. The third-order valence-electron chi connectivity index (χ3n) is 5.60. The van der Waals surface area contributed by atoms with Gasteiger partial charge in [-0.1, -0.05) is 6.07 Å². The monoisotopic (exact) mass is 434 g/mol. The summed E-state index contributed by atoms with van der Waals surface area (Å²) in [4.78, 5) is 37.3. The van der Waals surface area contributed by atoms with Crippen LogP contribution in [-0.2, 0) is 11.3 Å². The van der Waals surface area contributed by atoms with Gasteiger partial charge in [0.15, 0.2) is 11.6 Å². The summed E-state index contributed by atoms with van der Waals surface area (Å²) in [5, 5.41) is 11.7. The van der Waals surface area contributed by atoms with Gasteiger partial charge in [-0.15, -0.1) is 10.2 Å². The van der Waals surface area contributed by atoms with Crippen molar-refractivity contribution in [2.45, 2.75) is 27.3 Å². The van der Waals surface area contributed by atoms with E-state index in [1.165, 1.54) is 10.9 Å². The van der Waals surface area contributed by atoms with E-state index in [9.17, 15) is 9.59 Å². The first kappa shape index (κ1) is 21.4. The zero-order valence-electron chi connectivity index (χ0n) is 18.4. The summed E-state index contributed by atoms with van der Waals surface area (Å²) in [6.07, 6.45) is 3.23. The number of pyridine rings is 1. The second kappa shape index (κ2) is 9.13. The molecule has 3 aromatic heterocycles. The highest BCUT2D eigenvalue weighted by Gasteiger charge is 2.23. The molecule has 0 saturated carbocycles. The normalized spacial score (nSPS) is 13.8. The van der Waals surface area contributed by atoms with Crippen LogP contribution in [0.3, 0.4) is 0 Å². The molecule has 0 spiro atoms. The average Bonchev–Trinajstić information content (AvgIpc) is 2.81. The number of carbonyl (C=O) groups excluding carboxylic acids is 1. The standard InChI is InChI=1S/C22H26N8O2/c1-15-4-5-18(23-12-15)25-19-6-7-20(27-26-19)28-8-10-29(11-9-28)21(31)13-30-14-24-17(3)16(2)22(30)32/h4-7,12,14H,8-11,13H2,1-3H3,(H,23,25,26). The molecule has 1 fully saturated rings. The largest absolute Gasteiger partial charge is 0.352 e. The number of hydrogen-bond donors (Lipinski definition) is 1. The zero-order chi connectivity index (χ0) is 22.7. The minimum atomic E-state index is -0.172. The maximum Gasteiger partial charge on any atom is 0.256 e. The summed E-state index contributed by atoms with van der Waals surface area (Å²) < 4.78 is 1.37. The van der Waals surface area contributed by atoms with Crippen molar-refractivity contribution < 1.29 is 4.79 Å². The van der Waals surface area contributed by atoms with E-state index in [-0.39, 0.29) is 18.0 Å². The molecule has 0 atom stereocenters. The molecule has 0 aliphatic carbocycles. The van der Waals surface area contributed by atoms with Crippen molar-refractivity contribution in [2.75, 3.05) is 36.4 Å². The Bertz CT molecular complexity index is 1150. The van der Waals surface area contributed by atoms with Gasteiger partial charge in [-0.25, -0.2) is 9.97 Å². The van der Waals surface area contributed by atoms with E-state index in [1.54, 1.807) is 24.9 Å². The molecule has 1 amide bonds. The van der Waals surface area contributed by atoms with Crippen LogP contribution in [0.25, 0.3) is 0 Å². The topological polar surface area (TPSA) is 109 Å². The van der Waals surface area contributed by atoms with Gasteiger partial charge >= 0.3 is 0 Å². The molecule has 0 unspecified atom stereocenters. The summed E-state index contributed by atoms with van der Waals surface area (Å²) in [5.41, 5.74) is 2.17. The lowest BCUT2D eigenvalue weighted by Crippen LogP contribution is -2.50. The van der Waals surface area contributed by atoms with Crippen molar-refractivity contribution in [1.82, 2.24) is 29.6 Å². The van der Waals surface area contributed by atoms with Crippen LogP contribution in [0, 0.1) is 20.8 Å². The molecule has 32 heavy (non-hydrogen) atoms. The second-order valence-corrected chi connectivity index (χ2v) is 7.88. The van der Waals surface area contributed by atoms with Crippen LogP contribution in [-0.4, -0.2) is 61.7 Å². The van der Waals surface area contributed by atoms with Crippen LogP contribution < -0.4 is 15.8 Å². The number of hydrogen-bond acceptors (Lipinski definition) is 8. The van der Waals surface area contributed by atoms with Crippen LogP contribution in [0.1, 0.15) is 16.8 Å². The van der Waals surface area contributed by atoms with Crippen molar-refractivity contribution in [3.8, 4) is 0 Å². The molecular formula is C22H26N8O2. The van der Waals surface area contributed by atoms with Crippen molar-refractivity contribution >= 4 is 23.4 Å². The Morgan fingerprint density at radius 2 is 1.72 bits per heavy atom. The molecule has 4 rings (SSSR count). The smallest absolute Gasteiger partial charge is 0.256 e. The number of amides is 1. The van der Waals surface area contributed by atoms with Crippen molar-refractivity contribution in [3.05, 3.63) is 64.0 Å². The summed E-state index contributed by atoms with van der Waals surface area (Å²) >= 11 is 0. The fourth-order valence-electron chi connectivity index (χ4n) is 3.45. The SMILES string of the molecule is Cc1ccc(Nc2ccc(N3CCN(C(=O)Cn4cnc(C)c(C)c4=O)CC3)nn2)nc1. The molecule has 1 N–H and O–H groups in total. The van der Waals surface area contributed by atoms with E-state index < -0.39 is 0 Å². The van der Waals surface area contributed by atoms with Gasteiger partial charge < -0.3 is 15.1 Å². The Morgan fingerprint density at radius 3 is 2.38 bits per heavy atom. The Balaban J connectivity index is 1.32. The van der Waals surface area contributed by atoms with E-state index >= 15 is 0 Å². The summed E-state index contributed by atoms with van der Waals surface area (Å²) in [7, 11) is 0. The molecule has 4 heterocycles. The number of nitrogens with zero attached hydrogens (tertiary/aromatic N) is 7. The third-order valence-corrected chi connectivity index (χ3v) is 5.60. The van der Waals surface area contributed by atoms with Crippen LogP contribution >= 0.6 is 0 Å². The number of aryl methyl sites for hydroxylation is 2. The predicted octanol–water partition coefficient (Wildman–Crippen LogP) is 1.45. The second-order valence-electron chi connectivity index (χ2n) is 7.88. The minimum Gasteiger partial charge on any atom is -0.352 e. The molecule has 0 radical (unpaired) electrons. The van der Waals surface area contributed by atoms with Gasteiger partial charge in [0.2, 0.25) is 5.91 Å². The van der Waals surface area contributed by atoms with Gasteiger partial charge in [0.1, 0.15) is 12.4 Å². The Hall–Kier alpha value is -3.82. The number of piperazine rings is 1. The van der Waals surface area contributed by atoms with Crippen molar-refractivity contribution in [2.24, 2.45) is 0 Å². The lowest BCUT2D eigenvalue weighted by Gasteiger charge is -2.35. The molecular weight excluding hydrogens is 408 g/mol. The predicted molar refractivity (Wildman–Crippen MR) is 121 cm³/mol. The first-order valence-corrected chi connectivity index (χ1v) is 10.5. The highest BCUT2D eigenvalue weighted by molar-refractivity contribution is 5.76. The average molecular weight is 435 g/mol. The summed E-state index contributed by atoms with van der Waals surface area (Å²) in [5.74, 6) is 2.00. The van der Waals surface area contributed by atoms with Crippen molar-refractivity contribution in [1.29, 1.82) is 0 Å².